The predicted octanol–water partition coefficient (Wildman–Crippen LogP) is 4.79. The molecule has 1 atom stereocenters. The molecule has 0 spiro atoms. The van der Waals surface area contributed by atoms with Crippen LogP contribution in [0.4, 0.5) is 0 Å². The number of benzene rings is 2. The molecule has 0 saturated carbocycles. The van der Waals surface area contributed by atoms with Crippen LogP contribution in [0.5, 0.6) is 0 Å². The van der Waals surface area contributed by atoms with E-state index in [9.17, 15) is 0 Å². The van der Waals surface area contributed by atoms with Crippen molar-refractivity contribution < 1.29 is 0 Å². The molecule has 0 aliphatic heterocycles. The highest BCUT2D eigenvalue weighted by Gasteiger charge is 2.12. The fraction of sp³-hybridized carbons (Fsp3) is 0.250. The lowest BCUT2D eigenvalue weighted by Crippen LogP contribution is -2.07. The van der Waals surface area contributed by atoms with Crippen molar-refractivity contribution in [2.45, 2.75) is 26.7 Å². The van der Waals surface area contributed by atoms with E-state index in [-0.39, 0.29) is 0 Å². The van der Waals surface area contributed by atoms with Crippen molar-refractivity contribution in [1.82, 2.24) is 15.0 Å². The van der Waals surface area contributed by atoms with Gasteiger partial charge in [0.25, 0.3) is 0 Å². The van der Waals surface area contributed by atoms with E-state index in [1.54, 1.807) is 0 Å². The third kappa shape index (κ3) is 3.81. The quantitative estimate of drug-likeness (QED) is 0.680. The summed E-state index contributed by atoms with van der Waals surface area (Å²) in [5.74, 6) is 2.92. The zero-order valence-corrected chi connectivity index (χ0v) is 13.6. The van der Waals surface area contributed by atoms with Crippen molar-refractivity contribution >= 4 is 0 Å². The molecule has 0 aliphatic carbocycles. The summed E-state index contributed by atoms with van der Waals surface area (Å²) in [7, 11) is 0. The van der Waals surface area contributed by atoms with Gasteiger partial charge in [0.2, 0.25) is 0 Å². The van der Waals surface area contributed by atoms with Gasteiger partial charge in [-0.15, -0.1) is 0 Å². The Bertz CT molecular complexity index is 697. The van der Waals surface area contributed by atoms with E-state index in [1.165, 1.54) is 0 Å². The Hall–Kier alpha value is -2.55. The van der Waals surface area contributed by atoms with Crippen molar-refractivity contribution in [3.8, 4) is 22.8 Å². The monoisotopic (exact) mass is 303 g/mol. The van der Waals surface area contributed by atoms with Crippen molar-refractivity contribution in [2.24, 2.45) is 5.92 Å². The first-order chi connectivity index (χ1) is 11.3. The van der Waals surface area contributed by atoms with Gasteiger partial charge in [-0.1, -0.05) is 80.9 Å². The average molecular weight is 303 g/mol. The lowest BCUT2D eigenvalue weighted by atomic mass is 10.0. The molecule has 3 heteroatoms. The van der Waals surface area contributed by atoms with Gasteiger partial charge < -0.3 is 0 Å². The van der Waals surface area contributed by atoms with Crippen LogP contribution in [0.25, 0.3) is 22.8 Å². The molecular formula is C20H21N3. The maximum Gasteiger partial charge on any atom is 0.163 e. The zero-order chi connectivity index (χ0) is 16.1. The van der Waals surface area contributed by atoms with Crippen LogP contribution < -0.4 is 0 Å². The normalized spacial score (nSPS) is 12.1. The highest BCUT2D eigenvalue weighted by molar-refractivity contribution is 5.60. The van der Waals surface area contributed by atoms with Gasteiger partial charge in [-0.2, -0.15) is 0 Å². The molecule has 1 aromatic heterocycles. The number of hydrogen-bond acceptors (Lipinski definition) is 3. The Morgan fingerprint density at radius 2 is 1.22 bits per heavy atom. The van der Waals surface area contributed by atoms with E-state index in [0.717, 1.165) is 41.4 Å². The lowest BCUT2D eigenvalue weighted by Gasteiger charge is -2.10. The molecule has 0 radical (unpaired) electrons. The maximum atomic E-state index is 4.69. The first-order valence-corrected chi connectivity index (χ1v) is 8.12. The van der Waals surface area contributed by atoms with Gasteiger partial charge in [0.1, 0.15) is 5.82 Å². The van der Waals surface area contributed by atoms with Crippen LogP contribution >= 0.6 is 0 Å². The molecule has 1 heterocycles. The molecule has 3 rings (SSSR count). The molecule has 2 aromatic carbocycles. The summed E-state index contributed by atoms with van der Waals surface area (Å²) in [6.07, 6.45) is 1.99. The summed E-state index contributed by atoms with van der Waals surface area (Å²) in [6, 6.07) is 20.2. The summed E-state index contributed by atoms with van der Waals surface area (Å²) in [6.45, 7) is 4.43. The molecule has 0 saturated heterocycles. The Morgan fingerprint density at radius 3 is 1.65 bits per heavy atom. The van der Waals surface area contributed by atoms with Gasteiger partial charge in [-0.05, 0) is 5.92 Å². The molecule has 3 aromatic rings. The Labute approximate surface area is 137 Å². The van der Waals surface area contributed by atoms with Gasteiger partial charge in [-0.3, -0.25) is 0 Å². The van der Waals surface area contributed by atoms with Crippen LogP contribution in [0.1, 0.15) is 26.1 Å². The van der Waals surface area contributed by atoms with E-state index in [4.69, 9.17) is 9.97 Å². The number of nitrogens with zero attached hydrogens (tertiary/aromatic N) is 3. The van der Waals surface area contributed by atoms with Crippen molar-refractivity contribution in [2.75, 3.05) is 0 Å². The number of aromatic nitrogens is 3. The third-order valence-corrected chi connectivity index (χ3v) is 3.97. The first kappa shape index (κ1) is 15.3. The Kier molecular flexibility index (Phi) is 4.77. The average Bonchev–Trinajstić information content (AvgIpc) is 2.63. The fourth-order valence-electron chi connectivity index (χ4n) is 2.40. The molecule has 23 heavy (non-hydrogen) atoms. The molecule has 0 bridgehead atoms. The minimum absolute atomic E-state index is 0.560. The summed E-state index contributed by atoms with van der Waals surface area (Å²) >= 11 is 0. The van der Waals surface area contributed by atoms with Gasteiger partial charge in [0.05, 0.1) is 0 Å². The van der Waals surface area contributed by atoms with Gasteiger partial charge >= 0.3 is 0 Å². The molecule has 116 valence electrons. The van der Waals surface area contributed by atoms with E-state index < -0.39 is 0 Å². The van der Waals surface area contributed by atoms with E-state index in [1.807, 2.05) is 60.7 Å². The summed E-state index contributed by atoms with van der Waals surface area (Å²) < 4.78 is 0. The minimum Gasteiger partial charge on any atom is -0.213 e. The van der Waals surface area contributed by atoms with E-state index in [2.05, 4.69) is 18.8 Å². The van der Waals surface area contributed by atoms with Crippen LogP contribution in [-0.2, 0) is 6.42 Å². The largest absolute Gasteiger partial charge is 0.213 e. The Morgan fingerprint density at radius 1 is 0.739 bits per heavy atom. The highest BCUT2D eigenvalue weighted by atomic mass is 15.0. The van der Waals surface area contributed by atoms with Crippen molar-refractivity contribution in [1.29, 1.82) is 0 Å². The molecule has 0 fully saturated rings. The second-order valence-electron chi connectivity index (χ2n) is 5.85. The summed E-state index contributed by atoms with van der Waals surface area (Å²) in [5.41, 5.74) is 2.05. The van der Waals surface area contributed by atoms with Crippen LogP contribution in [0, 0.1) is 5.92 Å². The van der Waals surface area contributed by atoms with Gasteiger partial charge in [-0.25, -0.2) is 15.0 Å². The van der Waals surface area contributed by atoms with Crippen molar-refractivity contribution in [3.63, 3.8) is 0 Å². The van der Waals surface area contributed by atoms with Crippen LogP contribution in [0.2, 0.25) is 0 Å². The summed E-state index contributed by atoms with van der Waals surface area (Å²) in [5, 5.41) is 0. The van der Waals surface area contributed by atoms with Gasteiger partial charge in [0.15, 0.2) is 11.6 Å². The number of rotatable bonds is 5. The van der Waals surface area contributed by atoms with Crippen LogP contribution in [0.3, 0.4) is 0 Å². The van der Waals surface area contributed by atoms with Crippen LogP contribution in [-0.4, -0.2) is 15.0 Å². The molecule has 3 nitrogen and oxygen atoms in total. The van der Waals surface area contributed by atoms with Gasteiger partial charge in [0, 0.05) is 17.5 Å². The predicted molar refractivity (Wildman–Crippen MR) is 93.9 cm³/mol. The van der Waals surface area contributed by atoms with Crippen LogP contribution in [0.15, 0.2) is 60.7 Å². The lowest BCUT2D eigenvalue weighted by molar-refractivity contribution is 0.543. The topological polar surface area (TPSA) is 38.7 Å². The smallest absolute Gasteiger partial charge is 0.163 e. The SMILES string of the molecule is CCC(C)Cc1nc(-c2ccccc2)nc(-c2ccccc2)n1. The second-order valence-corrected chi connectivity index (χ2v) is 5.85. The maximum absolute atomic E-state index is 4.69. The molecule has 0 N–H and O–H groups in total. The molecule has 0 amide bonds. The Balaban J connectivity index is 2.07. The molecule has 1 unspecified atom stereocenters. The minimum atomic E-state index is 0.560. The summed E-state index contributed by atoms with van der Waals surface area (Å²) in [4.78, 5) is 14.1. The highest BCUT2D eigenvalue weighted by Crippen LogP contribution is 2.21. The standard InChI is InChI=1S/C20H21N3/c1-3-15(2)14-18-21-19(16-10-6-4-7-11-16)23-20(22-18)17-12-8-5-9-13-17/h4-13,15H,3,14H2,1-2H3. The number of hydrogen-bond donors (Lipinski definition) is 0. The molecular weight excluding hydrogens is 282 g/mol. The fourth-order valence-corrected chi connectivity index (χ4v) is 2.40. The third-order valence-electron chi connectivity index (χ3n) is 3.97. The molecule has 0 aliphatic rings. The van der Waals surface area contributed by atoms with E-state index in [0.29, 0.717) is 5.92 Å². The first-order valence-electron chi connectivity index (χ1n) is 8.12. The zero-order valence-electron chi connectivity index (χ0n) is 13.6. The second kappa shape index (κ2) is 7.14. The van der Waals surface area contributed by atoms with Crippen molar-refractivity contribution in [3.05, 3.63) is 66.5 Å². The van der Waals surface area contributed by atoms with E-state index >= 15 is 0 Å².